The molecule has 130 valence electrons. The number of nitrogens with one attached hydrogen (secondary N) is 1. The Bertz CT molecular complexity index is 603. The third-order valence-electron chi connectivity index (χ3n) is 3.90. The van der Waals surface area contributed by atoms with Gasteiger partial charge in [-0.3, -0.25) is 9.59 Å². The van der Waals surface area contributed by atoms with E-state index in [2.05, 4.69) is 5.32 Å². The largest absolute Gasteiger partial charge is 0.456 e. The van der Waals surface area contributed by atoms with E-state index in [4.69, 9.17) is 10.5 Å². The maximum atomic E-state index is 12.2. The highest BCUT2D eigenvalue weighted by molar-refractivity contribution is 5.97. The van der Waals surface area contributed by atoms with Crippen LogP contribution in [-0.4, -0.2) is 37.6 Å². The quantitative estimate of drug-likeness (QED) is 0.554. The number of benzene rings is 1. The summed E-state index contributed by atoms with van der Waals surface area (Å²) >= 11 is 0. The zero-order valence-corrected chi connectivity index (χ0v) is 13.6. The van der Waals surface area contributed by atoms with Crippen molar-refractivity contribution in [3.8, 4) is 0 Å². The van der Waals surface area contributed by atoms with Crippen molar-refractivity contribution >= 4 is 23.6 Å². The van der Waals surface area contributed by atoms with Gasteiger partial charge in [0.2, 0.25) is 0 Å². The Balaban J connectivity index is 1.62. The molecule has 0 saturated carbocycles. The minimum atomic E-state index is -0.545. The number of carbonyl (C=O) groups is 3. The lowest BCUT2D eigenvalue weighted by Gasteiger charge is -2.17. The molecule has 1 heterocycles. The Morgan fingerprint density at radius 2 is 1.96 bits per heavy atom. The molecule has 0 fully saturated rings. The van der Waals surface area contributed by atoms with Crippen molar-refractivity contribution in [2.24, 2.45) is 5.73 Å². The number of unbranched alkanes of at least 4 members (excludes halogenated alkanes) is 2. The number of esters is 1. The SMILES string of the molecule is NC(=O)NCCCCCC(=O)OCC(=O)N1CCc2ccccc21. The third-order valence-corrected chi connectivity index (χ3v) is 3.90. The summed E-state index contributed by atoms with van der Waals surface area (Å²) in [5.41, 5.74) is 6.99. The molecule has 1 aliphatic rings. The van der Waals surface area contributed by atoms with E-state index in [1.807, 2.05) is 24.3 Å². The van der Waals surface area contributed by atoms with E-state index in [1.165, 1.54) is 0 Å². The van der Waals surface area contributed by atoms with Crippen molar-refractivity contribution in [2.75, 3.05) is 24.6 Å². The summed E-state index contributed by atoms with van der Waals surface area (Å²) in [6.07, 6.45) is 3.28. The summed E-state index contributed by atoms with van der Waals surface area (Å²) in [6.45, 7) is 0.899. The van der Waals surface area contributed by atoms with E-state index in [-0.39, 0.29) is 24.9 Å². The molecule has 2 rings (SSSR count). The maximum Gasteiger partial charge on any atom is 0.312 e. The van der Waals surface area contributed by atoms with Crippen molar-refractivity contribution in [3.63, 3.8) is 0 Å². The number of rotatable bonds is 8. The molecule has 0 spiro atoms. The van der Waals surface area contributed by atoms with Gasteiger partial charge in [-0.15, -0.1) is 0 Å². The van der Waals surface area contributed by atoms with Crippen molar-refractivity contribution in [1.29, 1.82) is 0 Å². The molecule has 0 radical (unpaired) electrons. The van der Waals surface area contributed by atoms with Crippen LogP contribution in [0.25, 0.3) is 0 Å². The number of carbonyl (C=O) groups excluding carboxylic acids is 3. The lowest BCUT2D eigenvalue weighted by Crippen LogP contribution is -2.33. The summed E-state index contributed by atoms with van der Waals surface area (Å²) in [6, 6.07) is 7.20. The average Bonchev–Trinajstić information content (AvgIpc) is 2.99. The summed E-state index contributed by atoms with van der Waals surface area (Å²) in [7, 11) is 0. The molecule has 1 aromatic rings. The van der Waals surface area contributed by atoms with Crippen LogP contribution >= 0.6 is 0 Å². The van der Waals surface area contributed by atoms with Crippen LogP contribution < -0.4 is 16.0 Å². The molecule has 0 unspecified atom stereocenters. The molecule has 7 heteroatoms. The molecule has 0 saturated heterocycles. The topological polar surface area (TPSA) is 102 Å². The zero-order valence-electron chi connectivity index (χ0n) is 13.6. The normalized spacial score (nSPS) is 12.6. The number of nitrogens with zero attached hydrogens (tertiary/aromatic N) is 1. The Labute approximate surface area is 141 Å². The van der Waals surface area contributed by atoms with Gasteiger partial charge >= 0.3 is 12.0 Å². The van der Waals surface area contributed by atoms with Gasteiger partial charge in [0, 0.05) is 25.2 Å². The van der Waals surface area contributed by atoms with Gasteiger partial charge in [-0.25, -0.2) is 4.79 Å². The van der Waals surface area contributed by atoms with Gasteiger partial charge in [-0.2, -0.15) is 0 Å². The second-order valence-electron chi connectivity index (χ2n) is 5.69. The Morgan fingerprint density at radius 3 is 2.75 bits per heavy atom. The first-order valence-corrected chi connectivity index (χ1v) is 8.15. The number of anilines is 1. The van der Waals surface area contributed by atoms with Crippen molar-refractivity contribution in [1.82, 2.24) is 5.32 Å². The van der Waals surface area contributed by atoms with Crippen LogP contribution in [-0.2, 0) is 20.7 Å². The summed E-state index contributed by atoms with van der Waals surface area (Å²) < 4.78 is 5.06. The number of para-hydroxylation sites is 1. The van der Waals surface area contributed by atoms with Crippen LogP contribution in [0.3, 0.4) is 0 Å². The number of ether oxygens (including phenoxy) is 1. The Morgan fingerprint density at radius 1 is 1.17 bits per heavy atom. The van der Waals surface area contributed by atoms with E-state index in [0.29, 0.717) is 19.5 Å². The summed E-state index contributed by atoms with van der Waals surface area (Å²) in [5, 5.41) is 2.49. The van der Waals surface area contributed by atoms with E-state index in [0.717, 1.165) is 30.5 Å². The highest BCUT2D eigenvalue weighted by atomic mass is 16.5. The zero-order chi connectivity index (χ0) is 17.4. The number of nitrogens with two attached hydrogens (primary N) is 1. The molecule has 1 aromatic carbocycles. The van der Waals surface area contributed by atoms with E-state index in [1.54, 1.807) is 4.90 Å². The second kappa shape index (κ2) is 8.90. The lowest BCUT2D eigenvalue weighted by molar-refractivity contribution is -0.147. The van der Waals surface area contributed by atoms with Gasteiger partial charge < -0.3 is 20.7 Å². The first kappa shape index (κ1) is 17.8. The minimum absolute atomic E-state index is 0.195. The molecule has 0 aliphatic carbocycles. The van der Waals surface area contributed by atoms with Gasteiger partial charge in [-0.05, 0) is 30.9 Å². The van der Waals surface area contributed by atoms with Gasteiger partial charge in [0.05, 0.1) is 0 Å². The van der Waals surface area contributed by atoms with Crippen molar-refractivity contribution in [3.05, 3.63) is 29.8 Å². The summed E-state index contributed by atoms with van der Waals surface area (Å²) in [5.74, 6) is -0.572. The number of urea groups is 1. The van der Waals surface area contributed by atoms with Crippen LogP contribution in [0.15, 0.2) is 24.3 Å². The fourth-order valence-corrected chi connectivity index (χ4v) is 2.67. The van der Waals surface area contributed by atoms with Crippen molar-refractivity contribution in [2.45, 2.75) is 32.1 Å². The Kier molecular flexibility index (Phi) is 6.60. The summed E-state index contributed by atoms with van der Waals surface area (Å²) in [4.78, 5) is 36.0. The molecule has 1 aliphatic heterocycles. The molecule has 24 heavy (non-hydrogen) atoms. The maximum absolute atomic E-state index is 12.2. The molecule has 3 amide bonds. The average molecular weight is 333 g/mol. The predicted octanol–water partition coefficient (Wildman–Crippen LogP) is 1.35. The molecule has 0 bridgehead atoms. The van der Waals surface area contributed by atoms with Gasteiger partial charge in [0.1, 0.15) is 0 Å². The van der Waals surface area contributed by atoms with Gasteiger partial charge in [0.15, 0.2) is 6.61 Å². The highest BCUT2D eigenvalue weighted by Crippen LogP contribution is 2.27. The minimum Gasteiger partial charge on any atom is -0.456 e. The van der Waals surface area contributed by atoms with Crippen molar-refractivity contribution < 1.29 is 19.1 Å². The highest BCUT2D eigenvalue weighted by Gasteiger charge is 2.24. The standard InChI is InChI=1S/C17H23N3O4/c18-17(23)19-10-5-1-2-8-16(22)24-12-15(21)20-11-9-13-6-3-4-7-14(13)20/h3-4,6-7H,1-2,5,8-12H2,(H3,18,19,23). The van der Waals surface area contributed by atoms with Gasteiger partial charge in [0.25, 0.3) is 5.91 Å². The van der Waals surface area contributed by atoms with E-state index >= 15 is 0 Å². The van der Waals surface area contributed by atoms with Crippen LogP contribution in [0.2, 0.25) is 0 Å². The number of primary amides is 1. The monoisotopic (exact) mass is 333 g/mol. The molecule has 0 atom stereocenters. The molecular formula is C17H23N3O4. The first-order chi connectivity index (χ1) is 11.6. The van der Waals surface area contributed by atoms with Crippen LogP contribution in [0.1, 0.15) is 31.2 Å². The molecule has 3 N–H and O–H groups in total. The fraction of sp³-hybridized carbons (Fsp3) is 0.471. The van der Waals surface area contributed by atoms with Gasteiger partial charge in [-0.1, -0.05) is 24.6 Å². The second-order valence-corrected chi connectivity index (χ2v) is 5.69. The number of hydrogen-bond acceptors (Lipinski definition) is 4. The number of hydrogen-bond donors (Lipinski definition) is 2. The predicted molar refractivity (Wildman–Crippen MR) is 89.5 cm³/mol. The van der Waals surface area contributed by atoms with E-state index < -0.39 is 6.03 Å². The smallest absolute Gasteiger partial charge is 0.312 e. The molecule has 0 aromatic heterocycles. The van der Waals surface area contributed by atoms with Crippen LogP contribution in [0.5, 0.6) is 0 Å². The lowest BCUT2D eigenvalue weighted by atomic mass is 10.2. The fourth-order valence-electron chi connectivity index (χ4n) is 2.67. The Hall–Kier alpha value is -2.57. The van der Waals surface area contributed by atoms with Crippen LogP contribution in [0.4, 0.5) is 10.5 Å². The third kappa shape index (κ3) is 5.26. The first-order valence-electron chi connectivity index (χ1n) is 8.15. The molecular weight excluding hydrogens is 310 g/mol. The van der Waals surface area contributed by atoms with E-state index in [9.17, 15) is 14.4 Å². The van der Waals surface area contributed by atoms with Crippen LogP contribution in [0, 0.1) is 0 Å². The number of fused-ring (bicyclic) bond motifs is 1. The molecule has 7 nitrogen and oxygen atoms in total. The number of amides is 3.